The Labute approximate surface area is 74.3 Å². The molecule has 4 heteroatoms. The van der Waals surface area contributed by atoms with E-state index in [1.54, 1.807) is 0 Å². The molecular weight excluding hydrogens is 135 g/mol. The minimum absolute atomic E-state index is 0. The summed E-state index contributed by atoms with van der Waals surface area (Å²) in [5.74, 6) is 0. The summed E-state index contributed by atoms with van der Waals surface area (Å²) >= 11 is 0. The minimum atomic E-state index is 0. The molecule has 0 aliphatic carbocycles. The average molecular weight is 140 g/mol. The third-order valence-corrected chi connectivity index (χ3v) is 0. The van der Waals surface area contributed by atoms with Crippen LogP contribution in [-0.2, 0) is 17.1 Å². The third kappa shape index (κ3) is 8.96. The molecule has 0 unspecified atom stereocenters. The van der Waals surface area contributed by atoms with Crippen LogP contribution in [0.1, 0.15) is 2.85 Å². The zero-order chi connectivity index (χ0) is 2.00. The third-order valence-electron chi connectivity index (χ3n) is 0. The van der Waals surface area contributed by atoms with Crippen molar-refractivity contribution in [1.29, 1.82) is 0 Å². The van der Waals surface area contributed by atoms with Crippen LogP contribution in [0, 0.1) is 0 Å². The summed E-state index contributed by atoms with van der Waals surface area (Å²) in [4.78, 5) is 0. The van der Waals surface area contributed by atoms with E-state index in [1.807, 2.05) is 0 Å². The molecule has 2 radical (unpaired) electrons. The molecule has 0 N–H and O–H groups in total. The molecule has 0 bridgehead atoms. The second-order valence-corrected chi connectivity index (χ2v) is 0. The van der Waals surface area contributed by atoms with Gasteiger partial charge in [-0.1, -0.05) is 0 Å². The fourth-order valence-corrected chi connectivity index (χ4v) is 0. The first-order valence-corrected chi connectivity index (χ1v) is 1.73. The summed E-state index contributed by atoms with van der Waals surface area (Å²) in [6.07, 6.45) is 0. The first-order chi connectivity index (χ1) is 1.00. The van der Waals surface area contributed by atoms with Crippen LogP contribution in [0.5, 0.6) is 0 Å². The van der Waals surface area contributed by atoms with Gasteiger partial charge in [0.2, 0.25) is 0 Å². The molecule has 0 aliphatic heterocycles. The first kappa shape index (κ1) is 16.6. The fraction of sp³-hybridized carbons (Fsp3) is 0. The first-order valence-electron chi connectivity index (χ1n) is 0.577. The van der Waals surface area contributed by atoms with Gasteiger partial charge in [-0.25, -0.2) is 0 Å². The fourth-order valence-electron chi connectivity index (χ4n) is 0. The van der Waals surface area contributed by atoms with Gasteiger partial charge in [0.25, 0.3) is 0 Å². The molecule has 0 spiro atoms. The van der Waals surface area contributed by atoms with Crippen LogP contribution in [0.4, 0.5) is 0 Å². The van der Waals surface area contributed by atoms with Crippen molar-refractivity contribution in [3.8, 4) is 0 Å². The Bertz CT molecular complexity index is 13.5. The molecular formula is H5BCaFeSi. The quantitative estimate of drug-likeness (QED) is 0.351. The predicted molar refractivity (Wildman–Crippen MR) is 23.7 cm³/mol. The maximum absolute atomic E-state index is 4.64. The van der Waals surface area contributed by atoms with E-state index in [1.165, 1.54) is 0 Å². The number of hydrogen-bond acceptors (Lipinski definition) is 0. The Morgan fingerprint density at radius 1 is 1.50 bits per heavy atom. The SMILES string of the molecule is [B][SiH3].[Ca+2].[Fe].[H-].[H-]. The maximum atomic E-state index is 4.64. The van der Waals surface area contributed by atoms with Crippen molar-refractivity contribution in [2.75, 3.05) is 0 Å². The molecule has 0 aliphatic rings. The molecule has 0 nitrogen and oxygen atoms in total. The molecule has 0 fully saturated rings. The van der Waals surface area contributed by atoms with Gasteiger partial charge < -0.3 is 2.85 Å². The van der Waals surface area contributed by atoms with E-state index < -0.39 is 0 Å². The van der Waals surface area contributed by atoms with Gasteiger partial charge in [-0.3, -0.25) is 0 Å². The van der Waals surface area contributed by atoms with Gasteiger partial charge >= 0.3 is 37.7 Å². The van der Waals surface area contributed by atoms with Gasteiger partial charge in [0.15, 0.2) is 0 Å². The molecule has 0 aromatic carbocycles. The van der Waals surface area contributed by atoms with Crippen LogP contribution >= 0.6 is 0 Å². The van der Waals surface area contributed by atoms with Crippen LogP contribution < -0.4 is 0 Å². The van der Waals surface area contributed by atoms with E-state index in [0.29, 0.717) is 0 Å². The molecule has 4 heavy (non-hydrogen) atoms. The van der Waals surface area contributed by atoms with E-state index in [-0.39, 0.29) is 57.7 Å². The van der Waals surface area contributed by atoms with Gasteiger partial charge in [0.1, 0.15) is 0 Å². The van der Waals surface area contributed by atoms with Crippen molar-refractivity contribution in [1.82, 2.24) is 0 Å². The molecule has 0 aromatic heterocycles. The van der Waals surface area contributed by atoms with Crippen molar-refractivity contribution < 1.29 is 19.9 Å². The van der Waals surface area contributed by atoms with Crippen molar-refractivity contribution in [2.45, 2.75) is 0 Å². The van der Waals surface area contributed by atoms with E-state index in [9.17, 15) is 0 Å². The van der Waals surface area contributed by atoms with Gasteiger partial charge in [-0.05, 0) is 10.1 Å². The number of hydrogen-bond donors (Lipinski definition) is 0. The molecule has 0 saturated heterocycles. The van der Waals surface area contributed by atoms with Gasteiger partial charge in [0, 0.05) is 24.5 Å². The Balaban J connectivity index is -0.000000000833. The summed E-state index contributed by atoms with van der Waals surface area (Å²) in [7, 11) is 5.44. The van der Waals surface area contributed by atoms with Crippen LogP contribution in [0.3, 0.4) is 0 Å². The average Bonchev–Trinajstić information content (AvgIpc) is 1.00. The molecule has 0 heterocycles. The predicted octanol–water partition coefficient (Wildman–Crippen LogP) is -1.72. The normalized spacial score (nSPS) is 2.00. The Kier molecular flexibility index (Phi) is 81.4. The summed E-state index contributed by atoms with van der Waals surface area (Å²) in [5.41, 5.74) is 0. The van der Waals surface area contributed by atoms with Crippen LogP contribution in [0.2, 0.25) is 0 Å². The van der Waals surface area contributed by atoms with Crippen LogP contribution in [-0.4, -0.2) is 55.3 Å². The molecule has 0 rings (SSSR count). The molecule has 0 aromatic rings. The zero-order valence-corrected chi connectivity index (χ0v) is 7.95. The van der Waals surface area contributed by atoms with Gasteiger partial charge in [-0.2, -0.15) is 0 Å². The van der Waals surface area contributed by atoms with Crippen molar-refractivity contribution >= 4 is 55.3 Å². The van der Waals surface area contributed by atoms with Gasteiger partial charge in [-0.15, -0.1) is 0 Å². The smallest absolute Gasteiger partial charge is 1.00 e. The molecule has 0 atom stereocenters. The monoisotopic (exact) mass is 140 g/mol. The summed E-state index contributed by atoms with van der Waals surface area (Å²) in [5, 5.41) is 0. The second-order valence-electron chi connectivity index (χ2n) is 0. The number of rotatable bonds is 0. The van der Waals surface area contributed by atoms with Gasteiger partial charge in [0.05, 0.1) is 0 Å². The Morgan fingerprint density at radius 3 is 1.50 bits per heavy atom. The summed E-state index contributed by atoms with van der Waals surface area (Å²) in [6, 6.07) is 0. The molecule has 22 valence electrons. The topological polar surface area (TPSA) is 0 Å². The summed E-state index contributed by atoms with van der Waals surface area (Å²) < 4.78 is 0. The van der Waals surface area contributed by atoms with Crippen molar-refractivity contribution in [3.05, 3.63) is 0 Å². The van der Waals surface area contributed by atoms with E-state index in [0.717, 1.165) is 10.1 Å². The maximum Gasteiger partial charge on any atom is 2.00 e. The Hall–Kier alpha value is 2.06. The zero-order valence-electron chi connectivity index (χ0n) is 4.64. The Morgan fingerprint density at radius 2 is 1.50 bits per heavy atom. The summed E-state index contributed by atoms with van der Waals surface area (Å²) in [6.45, 7) is 0. The van der Waals surface area contributed by atoms with E-state index >= 15 is 0 Å². The molecule has 0 saturated carbocycles. The van der Waals surface area contributed by atoms with E-state index in [2.05, 4.69) is 7.44 Å². The van der Waals surface area contributed by atoms with Crippen LogP contribution in [0.15, 0.2) is 0 Å². The van der Waals surface area contributed by atoms with Crippen LogP contribution in [0.25, 0.3) is 0 Å². The second kappa shape index (κ2) is 19.6. The minimum Gasteiger partial charge on any atom is -1.00 e. The van der Waals surface area contributed by atoms with Crippen molar-refractivity contribution in [2.24, 2.45) is 0 Å². The largest absolute Gasteiger partial charge is 2.00 e. The molecule has 0 amide bonds. The van der Waals surface area contributed by atoms with Crippen molar-refractivity contribution in [3.63, 3.8) is 0 Å². The standard InChI is InChI=1S/BH3Si.Ca.Fe.2H/c1-2;;;;/h2H3;;;;/q;+2;;2*-1. The van der Waals surface area contributed by atoms with E-state index in [4.69, 9.17) is 0 Å².